The fraction of sp³-hybridized carbons (Fsp3) is 0.143. The van der Waals surface area contributed by atoms with Crippen LogP contribution in [0.5, 0.6) is 0 Å². The van der Waals surface area contributed by atoms with Crippen LogP contribution in [0.3, 0.4) is 0 Å². The highest BCUT2D eigenvalue weighted by molar-refractivity contribution is 5.69. The van der Waals surface area contributed by atoms with E-state index < -0.39 is 9.85 Å². The Morgan fingerprint density at radius 3 is 2.09 bits per heavy atom. The van der Waals surface area contributed by atoms with Gasteiger partial charge in [0.15, 0.2) is 0 Å². The first kappa shape index (κ1) is 15.2. The molecule has 0 spiro atoms. The van der Waals surface area contributed by atoms with Crippen LogP contribution in [0.15, 0.2) is 36.4 Å². The Balaban J connectivity index is 2.30. The maximum atomic E-state index is 11.1. The molecule has 8 nitrogen and oxygen atoms in total. The SMILES string of the molecule is Cc1cccc(C)c1NNc1ccc([N+](=O)[O-])cc1[N+](=O)[O-]. The number of non-ortho nitro benzene ring substituents is 1. The van der Waals surface area contributed by atoms with Gasteiger partial charge in [0.1, 0.15) is 5.69 Å². The zero-order valence-corrected chi connectivity index (χ0v) is 12.0. The Labute approximate surface area is 126 Å². The summed E-state index contributed by atoms with van der Waals surface area (Å²) in [7, 11) is 0. The molecule has 2 rings (SSSR count). The van der Waals surface area contributed by atoms with Crippen LogP contribution in [0.25, 0.3) is 0 Å². The van der Waals surface area contributed by atoms with Gasteiger partial charge in [-0.25, -0.2) is 0 Å². The summed E-state index contributed by atoms with van der Waals surface area (Å²) >= 11 is 0. The van der Waals surface area contributed by atoms with E-state index in [9.17, 15) is 20.2 Å². The molecule has 22 heavy (non-hydrogen) atoms. The number of anilines is 2. The van der Waals surface area contributed by atoms with Gasteiger partial charge in [0.05, 0.1) is 21.6 Å². The Hall–Kier alpha value is -3.16. The lowest BCUT2D eigenvalue weighted by atomic mass is 10.1. The highest BCUT2D eigenvalue weighted by atomic mass is 16.6. The molecule has 0 amide bonds. The molecule has 0 saturated carbocycles. The van der Waals surface area contributed by atoms with Gasteiger partial charge in [-0.05, 0) is 31.0 Å². The van der Waals surface area contributed by atoms with Crippen LogP contribution in [0, 0.1) is 34.1 Å². The molecule has 0 fully saturated rings. The van der Waals surface area contributed by atoms with E-state index in [2.05, 4.69) is 10.9 Å². The number of hydrazine groups is 1. The van der Waals surface area contributed by atoms with Gasteiger partial charge in [-0.1, -0.05) is 18.2 Å². The van der Waals surface area contributed by atoms with Crippen LogP contribution in [0.4, 0.5) is 22.7 Å². The number of nitro benzene ring substituents is 2. The third-order valence-electron chi connectivity index (χ3n) is 3.19. The van der Waals surface area contributed by atoms with Gasteiger partial charge in [0.25, 0.3) is 5.69 Å². The molecule has 2 aromatic carbocycles. The van der Waals surface area contributed by atoms with Gasteiger partial charge < -0.3 is 5.43 Å². The maximum Gasteiger partial charge on any atom is 0.300 e. The standard InChI is InChI=1S/C14H14N4O4/c1-9-4-3-5-10(2)14(9)16-15-12-7-6-11(17(19)20)8-13(12)18(21)22/h3-8,15-16H,1-2H3. The average molecular weight is 302 g/mol. The van der Waals surface area contributed by atoms with E-state index in [1.165, 1.54) is 12.1 Å². The minimum Gasteiger partial charge on any atom is -0.300 e. The van der Waals surface area contributed by atoms with Crippen LogP contribution < -0.4 is 10.9 Å². The lowest BCUT2D eigenvalue weighted by Crippen LogP contribution is -2.12. The molecule has 2 aromatic rings. The number of nitrogens with one attached hydrogen (secondary N) is 2. The zero-order valence-electron chi connectivity index (χ0n) is 12.0. The van der Waals surface area contributed by atoms with Gasteiger partial charge in [-0.15, -0.1) is 0 Å². The Bertz CT molecular complexity index is 725. The van der Waals surface area contributed by atoms with Crippen LogP contribution in [0.1, 0.15) is 11.1 Å². The predicted octanol–water partition coefficient (Wildman–Crippen LogP) is 3.56. The highest BCUT2D eigenvalue weighted by Gasteiger charge is 2.19. The van der Waals surface area contributed by atoms with Crippen molar-refractivity contribution in [3.05, 3.63) is 67.8 Å². The predicted molar refractivity (Wildman–Crippen MR) is 82.9 cm³/mol. The van der Waals surface area contributed by atoms with Crippen LogP contribution in [-0.2, 0) is 0 Å². The number of nitrogens with zero attached hydrogens (tertiary/aromatic N) is 2. The van der Waals surface area contributed by atoms with Gasteiger partial charge >= 0.3 is 5.69 Å². The smallest absolute Gasteiger partial charge is 0.300 e. The third kappa shape index (κ3) is 3.11. The maximum absolute atomic E-state index is 11.1. The van der Waals surface area contributed by atoms with E-state index in [1.54, 1.807) is 0 Å². The number of nitro groups is 2. The summed E-state index contributed by atoms with van der Waals surface area (Å²) in [5.41, 5.74) is 7.86. The molecular weight excluding hydrogens is 288 g/mol. The normalized spacial score (nSPS) is 10.1. The molecule has 0 saturated heterocycles. The number of hydrogen-bond acceptors (Lipinski definition) is 6. The van der Waals surface area contributed by atoms with Crippen molar-refractivity contribution in [3.8, 4) is 0 Å². The van der Waals surface area contributed by atoms with Crippen molar-refractivity contribution in [2.24, 2.45) is 0 Å². The van der Waals surface area contributed by atoms with Crippen molar-refractivity contribution in [1.82, 2.24) is 0 Å². The first-order valence-corrected chi connectivity index (χ1v) is 6.41. The minimum atomic E-state index is -0.671. The quantitative estimate of drug-likeness (QED) is 0.645. The lowest BCUT2D eigenvalue weighted by Gasteiger charge is -2.14. The second kappa shape index (κ2) is 6.08. The second-order valence-corrected chi connectivity index (χ2v) is 4.73. The first-order valence-electron chi connectivity index (χ1n) is 6.41. The fourth-order valence-electron chi connectivity index (χ4n) is 2.03. The van der Waals surface area contributed by atoms with Crippen molar-refractivity contribution >= 4 is 22.7 Å². The van der Waals surface area contributed by atoms with Gasteiger partial charge in [0, 0.05) is 6.07 Å². The van der Waals surface area contributed by atoms with Crippen molar-refractivity contribution in [2.45, 2.75) is 13.8 Å². The van der Waals surface area contributed by atoms with Crippen LogP contribution >= 0.6 is 0 Å². The summed E-state index contributed by atoms with van der Waals surface area (Å²) in [6.45, 7) is 3.81. The minimum absolute atomic E-state index is 0.151. The van der Waals surface area contributed by atoms with E-state index >= 15 is 0 Å². The topological polar surface area (TPSA) is 110 Å². The van der Waals surface area contributed by atoms with Gasteiger partial charge in [0.2, 0.25) is 0 Å². The third-order valence-corrected chi connectivity index (χ3v) is 3.19. The summed E-state index contributed by atoms with van der Waals surface area (Å²) in [6.07, 6.45) is 0. The van der Waals surface area contributed by atoms with Crippen molar-refractivity contribution in [1.29, 1.82) is 0 Å². The van der Waals surface area contributed by atoms with Crippen molar-refractivity contribution in [2.75, 3.05) is 10.9 Å². The molecule has 8 heteroatoms. The first-order chi connectivity index (χ1) is 10.4. The number of rotatable bonds is 5. The van der Waals surface area contributed by atoms with Crippen molar-refractivity contribution < 1.29 is 9.85 Å². The molecule has 0 unspecified atom stereocenters. The van der Waals surface area contributed by atoms with E-state index in [0.29, 0.717) is 0 Å². The number of para-hydroxylation sites is 1. The largest absolute Gasteiger partial charge is 0.300 e. The summed E-state index contributed by atoms with van der Waals surface area (Å²) in [6, 6.07) is 9.15. The molecule has 0 aromatic heterocycles. The Morgan fingerprint density at radius 2 is 1.55 bits per heavy atom. The zero-order chi connectivity index (χ0) is 16.3. The molecule has 2 N–H and O–H groups in total. The molecule has 0 radical (unpaired) electrons. The molecular formula is C14H14N4O4. The molecule has 0 aliphatic rings. The van der Waals surface area contributed by atoms with Gasteiger partial charge in [-0.2, -0.15) is 0 Å². The molecule has 0 heterocycles. The molecule has 0 aliphatic heterocycles. The van der Waals surface area contributed by atoms with Crippen LogP contribution in [-0.4, -0.2) is 9.85 Å². The van der Waals surface area contributed by atoms with E-state index in [1.807, 2.05) is 32.0 Å². The van der Waals surface area contributed by atoms with E-state index in [-0.39, 0.29) is 17.1 Å². The summed E-state index contributed by atoms with van der Waals surface area (Å²) in [4.78, 5) is 20.4. The lowest BCUT2D eigenvalue weighted by molar-refractivity contribution is -0.393. The van der Waals surface area contributed by atoms with E-state index in [0.717, 1.165) is 22.9 Å². The number of aryl methyl sites for hydroxylation is 2. The van der Waals surface area contributed by atoms with Crippen molar-refractivity contribution in [3.63, 3.8) is 0 Å². The summed E-state index contributed by atoms with van der Waals surface area (Å²) in [5.74, 6) is 0. The molecule has 0 bridgehead atoms. The fourth-order valence-corrected chi connectivity index (χ4v) is 2.03. The molecule has 0 atom stereocenters. The Kier molecular flexibility index (Phi) is 4.21. The molecule has 114 valence electrons. The van der Waals surface area contributed by atoms with Crippen LogP contribution in [0.2, 0.25) is 0 Å². The highest BCUT2D eigenvalue weighted by Crippen LogP contribution is 2.29. The second-order valence-electron chi connectivity index (χ2n) is 4.73. The molecule has 0 aliphatic carbocycles. The monoisotopic (exact) mass is 302 g/mol. The summed E-state index contributed by atoms with van der Waals surface area (Å²) in [5, 5.41) is 21.8. The van der Waals surface area contributed by atoms with E-state index in [4.69, 9.17) is 0 Å². The number of hydrogen-bond donors (Lipinski definition) is 2. The van der Waals surface area contributed by atoms with Gasteiger partial charge in [-0.3, -0.25) is 25.7 Å². The summed E-state index contributed by atoms with van der Waals surface area (Å²) < 4.78 is 0. The Morgan fingerprint density at radius 1 is 0.909 bits per heavy atom. The average Bonchev–Trinajstić information content (AvgIpc) is 2.46. The number of benzene rings is 2.